The van der Waals surface area contributed by atoms with E-state index in [1.54, 1.807) is 0 Å². The summed E-state index contributed by atoms with van der Waals surface area (Å²) in [5.74, 6) is 7.08. The predicted octanol–water partition coefficient (Wildman–Crippen LogP) is 4.37. The van der Waals surface area contributed by atoms with E-state index in [0.29, 0.717) is 11.5 Å². The van der Waals surface area contributed by atoms with Gasteiger partial charge in [0.15, 0.2) is 0 Å². The first kappa shape index (κ1) is 15.6. The molecule has 0 radical (unpaired) electrons. The Morgan fingerprint density at radius 3 is 2.39 bits per heavy atom. The fraction of sp³-hybridized carbons (Fsp3) is 0.882. The fourth-order valence-electron chi connectivity index (χ4n) is 3.80. The minimum absolute atomic E-state index is 0.555. The monoisotopic (exact) mass is 249 g/mol. The molecule has 0 saturated heterocycles. The lowest BCUT2D eigenvalue weighted by Crippen LogP contribution is -2.44. The summed E-state index contributed by atoms with van der Waals surface area (Å²) < 4.78 is 0. The number of nitrogens with one attached hydrogen (secondary N) is 1. The molecule has 0 spiro atoms. The second-order valence-electron chi connectivity index (χ2n) is 6.24. The van der Waals surface area contributed by atoms with E-state index in [1.807, 2.05) is 6.92 Å². The van der Waals surface area contributed by atoms with Crippen LogP contribution in [0.4, 0.5) is 0 Å². The first-order valence-corrected chi connectivity index (χ1v) is 7.77. The van der Waals surface area contributed by atoms with Crippen LogP contribution in [0.15, 0.2) is 0 Å². The molecule has 1 atom stereocenters. The van der Waals surface area contributed by atoms with E-state index in [9.17, 15) is 0 Å². The van der Waals surface area contributed by atoms with Crippen LogP contribution in [0, 0.1) is 23.2 Å². The highest BCUT2D eigenvalue weighted by atomic mass is 14.9. The van der Waals surface area contributed by atoms with Gasteiger partial charge in [0.1, 0.15) is 0 Å². The van der Waals surface area contributed by atoms with Crippen molar-refractivity contribution < 1.29 is 0 Å². The Hall–Kier alpha value is -0.480. The van der Waals surface area contributed by atoms with Gasteiger partial charge in [0.2, 0.25) is 0 Å². The summed E-state index contributed by atoms with van der Waals surface area (Å²) in [6, 6.07) is 0.674. The lowest BCUT2D eigenvalue weighted by atomic mass is 9.71. The second kappa shape index (κ2) is 7.85. The maximum atomic E-state index is 3.76. The number of hydrogen-bond acceptors (Lipinski definition) is 1. The van der Waals surface area contributed by atoms with Gasteiger partial charge in [-0.25, -0.2) is 0 Å². The molecule has 0 aliphatic heterocycles. The molecule has 1 fully saturated rings. The lowest BCUT2D eigenvalue weighted by molar-refractivity contribution is 0.150. The van der Waals surface area contributed by atoms with Crippen LogP contribution in [-0.4, -0.2) is 12.6 Å². The van der Waals surface area contributed by atoms with Crippen molar-refractivity contribution in [3.8, 4) is 11.8 Å². The maximum Gasteiger partial charge on any atom is 0.0133 e. The normalized spacial score (nSPS) is 19.6. The number of hydrogen-bond donors (Lipinski definition) is 1. The van der Waals surface area contributed by atoms with Crippen molar-refractivity contribution in [1.29, 1.82) is 0 Å². The molecule has 1 unspecified atom stereocenters. The van der Waals surface area contributed by atoms with Crippen LogP contribution in [0.2, 0.25) is 0 Å². The molecule has 0 aromatic rings. The standard InChI is InChI=1S/C17H31N/c1-5-7-8-11-16(18-6-2)17(14-15(3)4)12-9-10-13-17/h15-16,18H,6,8-14H2,1-4H3. The molecule has 18 heavy (non-hydrogen) atoms. The summed E-state index contributed by atoms with van der Waals surface area (Å²) in [7, 11) is 0. The molecule has 0 aromatic heterocycles. The minimum Gasteiger partial charge on any atom is -0.314 e. The highest BCUT2D eigenvalue weighted by Crippen LogP contribution is 2.47. The number of rotatable bonds is 7. The molecule has 1 heteroatoms. The third kappa shape index (κ3) is 4.32. The molecule has 104 valence electrons. The van der Waals surface area contributed by atoms with Crippen molar-refractivity contribution in [3.05, 3.63) is 0 Å². The van der Waals surface area contributed by atoms with Gasteiger partial charge >= 0.3 is 0 Å². The highest BCUT2D eigenvalue weighted by Gasteiger charge is 2.40. The van der Waals surface area contributed by atoms with Gasteiger partial charge in [-0.2, -0.15) is 0 Å². The van der Waals surface area contributed by atoms with Gasteiger partial charge in [0.05, 0.1) is 0 Å². The molecule has 0 bridgehead atoms. The van der Waals surface area contributed by atoms with Crippen molar-refractivity contribution in [1.82, 2.24) is 5.32 Å². The Bertz CT molecular complexity index is 276. The summed E-state index contributed by atoms with van der Waals surface area (Å²) in [6.07, 6.45) is 9.34. The zero-order valence-corrected chi connectivity index (χ0v) is 12.8. The molecule has 1 aliphatic rings. The van der Waals surface area contributed by atoms with Crippen LogP contribution in [0.5, 0.6) is 0 Å². The third-order valence-corrected chi connectivity index (χ3v) is 4.34. The van der Waals surface area contributed by atoms with E-state index in [1.165, 1.54) is 38.5 Å². The van der Waals surface area contributed by atoms with E-state index in [-0.39, 0.29) is 0 Å². The molecule has 1 aliphatic carbocycles. The Balaban J connectivity index is 2.72. The molecule has 1 rings (SSSR count). The van der Waals surface area contributed by atoms with E-state index >= 15 is 0 Å². The quantitative estimate of drug-likeness (QED) is 0.660. The van der Waals surface area contributed by atoms with Crippen molar-refractivity contribution >= 4 is 0 Å². The molecule has 1 saturated carbocycles. The fourth-order valence-corrected chi connectivity index (χ4v) is 3.80. The molecule has 1 nitrogen and oxygen atoms in total. The van der Waals surface area contributed by atoms with Gasteiger partial charge in [0.25, 0.3) is 0 Å². The summed E-state index contributed by atoms with van der Waals surface area (Å²) in [6.45, 7) is 10.0. The first-order valence-electron chi connectivity index (χ1n) is 7.77. The van der Waals surface area contributed by atoms with Gasteiger partial charge in [-0.3, -0.25) is 0 Å². The Morgan fingerprint density at radius 2 is 1.89 bits per heavy atom. The van der Waals surface area contributed by atoms with Crippen molar-refractivity contribution in [2.24, 2.45) is 11.3 Å². The van der Waals surface area contributed by atoms with Crippen LogP contribution in [0.3, 0.4) is 0 Å². The van der Waals surface area contributed by atoms with Crippen LogP contribution in [-0.2, 0) is 0 Å². The molecular formula is C17H31N. The largest absolute Gasteiger partial charge is 0.314 e. The molecule has 0 heterocycles. The molecule has 0 amide bonds. The van der Waals surface area contributed by atoms with Crippen molar-refractivity contribution in [2.45, 2.75) is 78.7 Å². The second-order valence-corrected chi connectivity index (χ2v) is 6.24. The third-order valence-electron chi connectivity index (χ3n) is 4.34. The van der Waals surface area contributed by atoms with Gasteiger partial charge in [-0.1, -0.05) is 33.6 Å². The Morgan fingerprint density at radius 1 is 1.22 bits per heavy atom. The predicted molar refractivity (Wildman–Crippen MR) is 80.5 cm³/mol. The van der Waals surface area contributed by atoms with E-state index in [0.717, 1.165) is 18.9 Å². The van der Waals surface area contributed by atoms with E-state index in [4.69, 9.17) is 0 Å². The van der Waals surface area contributed by atoms with E-state index in [2.05, 4.69) is 37.9 Å². The first-order chi connectivity index (χ1) is 8.64. The van der Waals surface area contributed by atoms with Crippen LogP contribution in [0.25, 0.3) is 0 Å². The highest BCUT2D eigenvalue weighted by molar-refractivity contribution is 5.00. The van der Waals surface area contributed by atoms with Crippen LogP contribution >= 0.6 is 0 Å². The summed E-state index contributed by atoms with van der Waals surface area (Å²) >= 11 is 0. The van der Waals surface area contributed by atoms with E-state index < -0.39 is 0 Å². The summed E-state index contributed by atoms with van der Waals surface area (Å²) in [4.78, 5) is 0. The molecule has 1 N–H and O–H groups in total. The summed E-state index contributed by atoms with van der Waals surface area (Å²) in [5, 5.41) is 3.76. The van der Waals surface area contributed by atoms with Crippen molar-refractivity contribution in [2.75, 3.05) is 6.54 Å². The van der Waals surface area contributed by atoms with Crippen LogP contribution < -0.4 is 5.32 Å². The SMILES string of the molecule is CC#CCCC(NCC)C1(CC(C)C)CCCC1. The molecular weight excluding hydrogens is 218 g/mol. The van der Waals surface area contributed by atoms with Gasteiger partial charge in [0, 0.05) is 12.5 Å². The van der Waals surface area contributed by atoms with Gasteiger partial charge in [-0.15, -0.1) is 11.8 Å². The summed E-state index contributed by atoms with van der Waals surface area (Å²) in [5.41, 5.74) is 0.555. The van der Waals surface area contributed by atoms with Gasteiger partial charge in [-0.05, 0) is 50.5 Å². The molecule has 0 aromatic carbocycles. The zero-order chi connectivity index (χ0) is 13.4. The average Bonchev–Trinajstić information content (AvgIpc) is 2.77. The maximum absolute atomic E-state index is 3.76. The van der Waals surface area contributed by atoms with Crippen molar-refractivity contribution in [3.63, 3.8) is 0 Å². The van der Waals surface area contributed by atoms with Gasteiger partial charge < -0.3 is 5.32 Å². The zero-order valence-electron chi connectivity index (χ0n) is 12.8. The smallest absolute Gasteiger partial charge is 0.0133 e. The Labute approximate surface area is 114 Å². The Kier molecular flexibility index (Phi) is 6.79. The topological polar surface area (TPSA) is 12.0 Å². The lowest BCUT2D eigenvalue weighted by Gasteiger charge is -2.39. The van der Waals surface area contributed by atoms with Crippen LogP contribution in [0.1, 0.15) is 72.6 Å². The average molecular weight is 249 g/mol. The minimum atomic E-state index is 0.555.